The lowest BCUT2D eigenvalue weighted by molar-refractivity contribution is -0.141. The van der Waals surface area contributed by atoms with Crippen molar-refractivity contribution < 1.29 is 26.4 Å². The molecule has 26 heavy (non-hydrogen) atoms. The van der Waals surface area contributed by atoms with E-state index in [4.69, 9.17) is 0 Å². The molecule has 2 saturated heterocycles. The second-order valence-electron chi connectivity index (χ2n) is 6.61. The maximum atomic E-state index is 12.7. The summed E-state index contributed by atoms with van der Waals surface area (Å²) in [5.41, 5.74) is -0.996. The molecule has 1 aromatic rings. The highest BCUT2D eigenvalue weighted by molar-refractivity contribution is 7.91. The summed E-state index contributed by atoms with van der Waals surface area (Å²) in [7, 11) is -3.06. The smallest absolute Gasteiger partial charge is 0.352 e. The van der Waals surface area contributed by atoms with Crippen LogP contribution in [0.4, 0.5) is 19.1 Å². The minimum absolute atomic E-state index is 0.000527. The molecule has 1 amide bonds. The minimum atomic E-state index is -4.53. The number of hydrogen-bond acceptors (Lipinski definition) is 6. The number of sulfone groups is 1. The second-order valence-corrected chi connectivity index (χ2v) is 8.84. The fraction of sp³-hybridized carbons (Fsp3) is 0.667. The molecular formula is C15H19F3N4O3S. The first-order chi connectivity index (χ1) is 12.1. The molecule has 11 heteroatoms. The molecule has 1 atom stereocenters. The summed E-state index contributed by atoms with van der Waals surface area (Å²) < 4.78 is 61.1. The molecule has 1 N–H and O–H groups in total. The first-order valence-electron chi connectivity index (χ1n) is 8.30. The van der Waals surface area contributed by atoms with Crippen LogP contribution in [0.25, 0.3) is 0 Å². The van der Waals surface area contributed by atoms with Gasteiger partial charge in [-0.25, -0.2) is 18.4 Å². The molecule has 7 nitrogen and oxygen atoms in total. The molecule has 0 spiro atoms. The van der Waals surface area contributed by atoms with Crippen molar-refractivity contribution in [3.05, 3.63) is 18.0 Å². The molecule has 0 saturated carbocycles. The van der Waals surface area contributed by atoms with Crippen molar-refractivity contribution in [3.63, 3.8) is 0 Å². The van der Waals surface area contributed by atoms with Gasteiger partial charge in [0.1, 0.15) is 5.69 Å². The van der Waals surface area contributed by atoms with Gasteiger partial charge in [-0.05, 0) is 25.3 Å². The topological polar surface area (TPSA) is 92.3 Å². The Hall–Kier alpha value is -1.91. The molecule has 2 aliphatic heterocycles. The number of rotatable bonds is 3. The van der Waals surface area contributed by atoms with Gasteiger partial charge in [0, 0.05) is 31.2 Å². The van der Waals surface area contributed by atoms with Gasteiger partial charge in [0.05, 0.1) is 11.5 Å². The van der Waals surface area contributed by atoms with E-state index in [-0.39, 0.29) is 35.3 Å². The summed E-state index contributed by atoms with van der Waals surface area (Å²) >= 11 is 0. The van der Waals surface area contributed by atoms with Crippen LogP contribution in [-0.2, 0) is 20.8 Å². The normalized spacial score (nSPS) is 23.8. The second kappa shape index (κ2) is 7.01. The van der Waals surface area contributed by atoms with Crippen molar-refractivity contribution in [2.75, 3.05) is 29.5 Å². The van der Waals surface area contributed by atoms with Crippen LogP contribution >= 0.6 is 0 Å². The Morgan fingerprint density at radius 3 is 2.50 bits per heavy atom. The van der Waals surface area contributed by atoms with Crippen LogP contribution in [0.5, 0.6) is 0 Å². The van der Waals surface area contributed by atoms with Gasteiger partial charge in [0.2, 0.25) is 11.9 Å². The van der Waals surface area contributed by atoms with Gasteiger partial charge in [-0.3, -0.25) is 4.79 Å². The molecule has 1 unspecified atom stereocenters. The van der Waals surface area contributed by atoms with Gasteiger partial charge in [-0.1, -0.05) is 0 Å². The number of carbonyl (C=O) groups is 1. The third-order valence-corrected chi connectivity index (χ3v) is 6.43. The van der Waals surface area contributed by atoms with Crippen molar-refractivity contribution in [2.45, 2.75) is 31.5 Å². The van der Waals surface area contributed by atoms with Crippen molar-refractivity contribution in [1.82, 2.24) is 15.3 Å². The highest BCUT2D eigenvalue weighted by Gasteiger charge is 2.35. The van der Waals surface area contributed by atoms with E-state index in [9.17, 15) is 26.4 Å². The van der Waals surface area contributed by atoms with Crippen molar-refractivity contribution >= 4 is 21.7 Å². The lowest BCUT2D eigenvalue weighted by atomic mass is 9.95. The van der Waals surface area contributed by atoms with E-state index in [0.29, 0.717) is 32.4 Å². The molecule has 2 fully saturated rings. The number of nitrogens with one attached hydrogen (secondary N) is 1. The summed E-state index contributed by atoms with van der Waals surface area (Å²) in [6.45, 7) is 0.727. The van der Waals surface area contributed by atoms with Crippen molar-refractivity contribution in [3.8, 4) is 0 Å². The Kier molecular flexibility index (Phi) is 5.09. The maximum Gasteiger partial charge on any atom is 0.433 e. The van der Waals surface area contributed by atoms with E-state index in [1.54, 1.807) is 4.90 Å². The highest BCUT2D eigenvalue weighted by atomic mass is 32.2. The molecule has 3 rings (SSSR count). The highest BCUT2D eigenvalue weighted by Crippen LogP contribution is 2.29. The number of amides is 1. The van der Waals surface area contributed by atoms with Crippen LogP contribution in [-0.4, -0.2) is 54.9 Å². The van der Waals surface area contributed by atoms with E-state index in [2.05, 4.69) is 15.3 Å². The van der Waals surface area contributed by atoms with Crippen LogP contribution in [0.15, 0.2) is 12.3 Å². The predicted octanol–water partition coefficient (Wildman–Crippen LogP) is 1.02. The van der Waals surface area contributed by atoms with Gasteiger partial charge in [-0.2, -0.15) is 13.2 Å². The van der Waals surface area contributed by atoms with Gasteiger partial charge in [0.15, 0.2) is 9.84 Å². The largest absolute Gasteiger partial charge is 0.433 e. The number of nitrogens with zero attached hydrogens (tertiary/aromatic N) is 3. The Balaban J connectivity index is 1.55. The van der Waals surface area contributed by atoms with Gasteiger partial charge in [0.25, 0.3) is 0 Å². The number of anilines is 1. The Morgan fingerprint density at radius 2 is 1.92 bits per heavy atom. The number of aromatic nitrogens is 2. The summed E-state index contributed by atoms with van der Waals surface area (Å²) in [5.74, 6) is -0.434. The zero-order chi connectivity index (χ0) is 18.9. The molecule has 3 heterocycles. The van der Waals surface area contributed by atoms with Crippen molar-refractivity contribution in [1.29, 1.82) is 0 Å². The quantitative estimate of drug-likeness (QED) is 0.826. The van der Waals surface area contributed by atoms with E-state index in [1.807, 2.05) is 0 Å². The van der Waals surface area contributed by atoms with Gasteiger partial charge in [-0.15, -0.1) is 0 Å². The van der Waals surface area contributed by atoms with Crippen LogP contribution in [0.3, 0.4) is 0 Å². The average Bonchev–Trinajstić information content (AvgIpc) is 2.93. The van der Waals surface area contributed by atoms with E-state index in [1.165, 1.54) is 0 Å². The molecule has 2 aliphatic rings. The molecular weight excluding hydrogens is 373 g/mol. The molecule has 0 aliphatic carbocycles. The molecule has 0 radical (unpaired) electrons. The lowest BCUT2D eigenvalue weighted by Gasteiger charge is -2.32. The SMILES string of the molecule is O=C(NC1CCS(=O)(=O)C1)C1CCN(c2nccc(C(F)(F)F)n2)CC1. The van der Waals surface area contributed by atoms with Crippen LogP contribution in [0, 0.1) is 5.92 Å². The fourth-order valence-electron chi connectivity index (χ4n) is 3.23. The van der Waals surface area contributed by atoms with Crippen molar-refractivity contribution in [2.24, 2.45) is 5.92 Å². The molecule has 0 aromatic carbocycles. The van der Waals surface area contributed by atoms with Gasteiger partial charge >= 0.3 is 6.18 Å². The standard InChI is InChI=1S/C15H19F3N4O3S/c16-15(17,18)12-1-5-19-14(21-12)22-6-2-10(3-7-22)13(23)20-11-4-8-26(24,25)9-11/h1,5,10-11H,2-4,6-9H2,(H,20,23). The van der Waals surface area contributed by atoms with Crippen LogP contribution < -0.4 is 10.2 Å². The van der Waals surface area contributed by atoms with Gasteiger partial charge < -0.3 is 10.2 Å². The number of carbonyl (C=O) groups excluding carboxylic acids is 1. The number of halogens is 3. The van der Waals surface area contributed by atoms with E-state index in [0.717, 1.165) is 12.3 Å². The number of hydrogen-bond donors (Lipinski definition) is 1. The lowest BCUT2D eigenvalue weighted by Crippen LogP contribution is -2.44. The molecule has 0 bridgehead atoms. The first kappa shape index (κ1) is 18.9. The average molecular weight is 392 g/mol. The van der Waals surface area contributed by atoms with Crippen LogP contribution in [0.1, 0.15) is 25.0 Å². The summed E-state index contributed by atoms with van der Waals surface area (Å²) in [6, 6.07) is 0.469. The fourth-order valence-corrected chi connectivity index (χ4v) is 4.90. The van der Waals surface area contributed by atoms with E-state index < -0.39 is 21.7 Å². The third-order valence-electron chi connectivity index (χ3n) is 4.66. The number of piperidine rings is 1. The first-order valence-corrected chi connectivity index (χ1v) is 10.1. The Morgan fingerprint density at radius 1 is 1.23 bits per heavy atom. The summed E-state index contributed by atoms with van der Waals surface area (Å²) in [6.07, 6.45) is -2.14. The Bertz CT molecular complexity index is 777. The van der Waals surface area contributed by atoms with E-state index >= 15 is 0 Å². The zero-order valence-corrected chi connectivity index (χ0v) is 14.7. The third kappa shape index (κ3) is 4.43. The zero-order valence-electron chi connectivity index (χ0n) is 13.9. The minimum Gasteiger partial charge on any atom is -0.352 e. The summed E-state index contributed by atoms with van der Waals surface area (Å²) in [5, 5.41) is 2.77. The number of alkyl halides is 3. The maximum absolute atomic E-state index is 12.7. The Labute approximate surface area is 148 Å². The molecule has 1 aromatic heterocycles. The summed E-state index contributed by atoms with van der Waals surface area (Å²) in [4.78, 5) is 21.4. The predicted molar refractivity (Wildman–Crippen MR) is 87.2 cm³/mol. The molecule has 144 valence electrons. The monoisotopic (exact) mass is 392 g/mol. The van der Waals surface area contributed by atoms with Crippen LogP contribution in [0.2, 0.25) is 0 Å².